The van der Waals surface area contributed by atoms with Gasteiger partial charge in [-0.15, -0.1) is 0 Å². The van der Waals surface area contributed by atoms with Crippen LogP contribution in [0.1, 0.15) is 16.7 Å². The van der Waals surface area contributed by atoms with Crippen LogP contribution in [0.5, 0.6) is 23.3 Å². The third-order valence-corrected chi connectivity index (χ3v) is 4.24. The highest BCUT2D eigenvalue weighted by Gasteiger charge is 2.17. The predicted octanol–water partition coefficient (Wildman–Crippen LogP) is 4.75. The molecule has 0 atom stereocenters. The second-order valence-corrected chi connectivity index (χ2v) is 6.17. The van der Waals surface area contributed by atoms with Crippen molar-refractivity contribution in [2.24, 2.45) is 0 Å². The molecule has 1 aromatic heterocycles. The second-order valence-electron chi connectivity index (χ2n) is 6.17. The molecular formula is C22H20N2O5. The van der Waals surface area contributed by atoms with Gasteiger partial charge in [-0.2, -0.15) is 0 Å². The zero-order valence-electron chi connectivity index (χ0n) is 16.2. The summed E-state index contributed by atoms with van der Waals surface area (Å²) in [6.07, 6.45) is 2.47. The van der Waals surface area contributed by atoms with E-state index in [2.05, 4.69) is 9.97 Å². The van der Waals surface area contributed by atoms with Gasteiger partial charge in [0.05, 0.1) is 19.4 Å². The number of hydrogen-bond acceptors (Lipinski definition) is 6. The molecule has 0 saturated carbocycles. The first-order valence-electron chi connectivity index (χ1n) is 8.79. The summed E-state index contributed by atoms with van der Waals surface area (Å²) in [5, 5.41) is 9.46. The summed E-state index contributed by atoms with van der Waals surface area (Å²) >= 11 is 0. The Kier molecular flexibility index (Phi) is 6.09. The van der Waals surface area contributed by atoms with Crippen molar-refractivity contribution in [2.45, 2.75) is 13.8 Å². The first kappa shape index (κ1) is 19.9. The lowest BCUT2D eigenvalue weighted by atomic mass is 10.1. The molecule has 1 heterocycles. The van der Waals surface area contributed by atoms with E-state index in [1.807, 2.05) is 32.0 Å². The Morgan fingerprint density at radius 3 is 2.31 bits per heavy atom. The number of aromatic nitrogens is 2. The molecule has 0 aliphatic carbocycles. The number of methoxy groups -OCH3 is 1. The van der Waals surface area contributed by atoms with E-state index in [9.17, 15) is 9.90 Å². The molecule has 0 bridgehead atoms. The summed E-state index contributed by atoms with van der Waals surface area (Å²) < 4.78 is 16.6. The van der Waals surface area contributed by atoms with Crippen LogP contribution in [0.3, 0.4) is 0 Å². The van der Waals surface area contributed by atoms with Crippen molar-refractivity contribution in [1.29, 1.82) is 0 Å². The molecule has 1 N–H and O–H groups in total. The molecule has 0 saturated heterocycles. The maximum absolute atomic E-state index is 11.6. The van der Waals surface area contributed by atoms with Crippen molar-refractivity contribution in [2.75, 3.05) is 7.11 Å². The molecule has 0 aliphatic rings. The van der Waals surface area contributed by atoms with E-state index in [0.717, 1.165) is 17.4 Å². The van der Waals surface area contributed by atoms with Gasteiger partial charge in [-0.05, 0) is 37.1 Å². The zero-order valence-corrected chi connectivity index (χ0v) is 16.2. The monoisotopic (exact) mass is 392 g/mol. The Labute approximate surface area is 168 Å². The van der Waals surface area contributed by atoms with Crippen LogP contribution < -0.4 is 9.47 Å². The minimum atomic E-state index is -1.13. The molecule has 0 fully saturated rings. The quantitative estimate of drug-likeness (QED) is 0.458. The fourth-order valence-corrected chi connectivity index (χ4v) is 2.62. The van der Waals surface area contributed by atoms with E-state index in [1.165, 1.54) is 13.4 Å². The van der Waals surface area contributed by atoms with E-state index >= 15 is 0 Å². The van der Waals surface area contributed by atoms with E-state index < -0.39 is 5.97 Å². The lowest BCUT2D eigenvalue weighted by Crippen LogP contribution is -2.03. The number of aliphatic carboxylic acids is 1. The Bertz CT molecular complexity index is 1060. The number of ether oxygens (including phenoxy) is 3. The first-order chi connectivity index (χ1) is 14.0. The van der Waals surface area contributed by atoms with Gasteiger partial charge >= 0.3 is 5.97 Å². The summed E-state index contributed by atoms with van der Waals surface area (Å²) in [5.41, 5.74) is 2.43. The van der Waals surface area contributed by atoms with Gasteiger partial charge in [0.25, 0.3) is 0 Å². The first-order valence-corrected chi connectivity index (χ1v) is 8.79. The van der Waals surface area contributed by atoms with E-state index in [4.69, 9.17) is 14.2 Å². The SMILES string of the molecule is CO/C=C(/C(=O)O)c1ccccc1Oc1cc(Oc2cccc(C)c2C)ncn1. The van der Waals surface area contributed by atoms with Crippen molar-refractivity contribution in [3.8, 4) is 23.3 Å². The summed E-state index contributed by atoms with van der Waals surface area (Å²) in [5.74, 6) is 0.396. The second kappa shape index (κ2) is 8.88. The molecule has 7 heteroatoms. The number of benzene rings is 2. The molecule has 148 valence electrons. The van der Waals surface area contributed by atoms with Gasteiger partial charge in [0.1, 0.15) is 23.4 Å². The third kappa shape index (κ3) is 4.70. The number of nitrogens with zero attached hydrogens (tertiary/aromatic N) is 2. The predicted molar refractivity (Wildman–Crippen MR) is 107 cm³/mol. The van der Waals surface area contributed by atoms with E-state index in [0.29, 0.717) is 22.9 Å². The molecule has 2 aromatic carbocycles. The van der Waals surface area contributed by atoms with Gasteiger partial charge in [-0.1, -0.05) is 30.3 Å². The smallest absolute Gasteiger partial charge is 0.339 e. The molecular weight excluding hydrogens is 372 g/mol. The van der Waals surface area contributed by atoms with Gasteiger partial charge in [0.2, 0.25) is 11.8 Å². The maximum atomic E-state index is 11.6. The van der Waals surface area contributed by atoms with Crippen molar-refractivity contribution in [1.82, 2.24) is 9.97 Å². The zero-order chi connectivity index (χ0) is 20.8. The maximum Gasteiger partial charge on any atom is 0.339 e. The third-order valence-electron chi connectivity index (χ3n) is 4.24. The molecule has 0 unspecified atom stereocenters. The number of rotatable bonds is 7. The number of para-hydroxylation sites is 1. The van der Waals surface area contributed by atoms with Gasteiger partial charge in [-0.25, -0.2) is 14.8 Å². The van der Waals surface area contributed by atoms with Gasteiger partial charge in [-0.3, -0.25) is 0 Å². The van der Waals surface area contributed by atoms with Gasteiger partial charge in [0.15, 0.2) is 0 Å². The number of carbonyl (C=O) groups is 1. The summed E-state index contributed by atoms with van der Waals surface area (Å²) in [6, 6.07) is 14.0. The Balaban J connectivity index is 1.89. The molecule has 3 aromatic rings. The fourth-order valence-electron chi connectivity index (χ4n) is 2.62. The van der Waals surface area contributed by atoms with Crippen LogP contribution >= 0.6 is 0 Å². The standard InChI is InChI=1S/C22H20N2O5/c1-14-7-6-10-18(15(14)2)28-20-11-21(24-13-23-20)29-19-9-5-4-8-16(19)17(12-27-3)22(25)26/h4-13H,1-3H3,(H,25,26)/b17-12+. The van der Waals surface area contributed by atoms with Crippen LogP contribution in [0, 0.1) is 13.8 Å². The van der Waals surface area contributed by atoms with Crippen LogP contribution in [0.2, 0.25) is 0 Å². The molecule has 0 aliphatic heterocycles. The van der Waals surface area contributed by atoms with Crippen molar-refractivity contribution in [3.63, 3.8) is 0 Å². The summed E-state index contributed by atoms with van der Waals surface area (Å²) in [4.78, 5) is 19.8. The molecule has 29 heavy (non-hydrogen) atoms. The lowest BCUT2D eigenvalue weighted by molar-refractivity contribution is -0.130. The highest BCUT2D eigenvalue weighted by molar-refractivity contribution is 6.15. The van der Waals surface area contributed by atoms with Crippen LogP contribution in [-0.2, 0) is 9.53 Å². The highest BCUT2D eigenvalue weighted by Crippen LogP contribution is 2.32. The highest BCUT2D eigenvalue weighted by atomic mass is 16.5. The Morgan fingerprint density at radius 2 is 1.62 bits per heavy atom. The minimum Gasteiger partial charge on any atom is -0.503 e. The van der Waals surface area contributed by atoms with Gasteiger partial charge in [0, 0.05) is 5.56 Å². The summed E-state index contributed by atoms with van der Waals surface area (Å²) in [7, 11) is 1.38. The van der Waals surface area contributed by atoms with Crippen LogP contribution in [0.25, 0.3) is 5.57 Å². The summed E-state index contributed by atoms with van der Waals surface area (Å²) in [6.45, 7) is 3.97. The van der Waals surface area contributed by atoms with Crippen LogP contribution in [0.4, 0.5) is 0 Å². The topological polar surface area (TPSA) is 90.8 Å². The van der Waals surface area contributed by atoms with Crippen molar-refractivity contribution >= 4 is 11.5 Å². The Morgan fingerprint density at radius 1 is 0.966 bits per heavy atom. The number of aryl methyl sites for hydroxylation is 1. The van der Waals surface area contributed by atoms with Gasteiger partial charge < -0.3 is 19.3 Å². The Hall–Kier alpha value is -3.87. The van der Waals surface area contributed by atoms with E-state index in [-0.39, 0.29) is 11.5 Å². The van der Waals surface area contributed by atoms with Crippen LogP contribution in [-0.4, -0.2) is 28.2 Å². The van der Waals surface area contributed by atoms with Crippen molar-refractivity contribution < 1.29 is 24.1 Å². The average molecular weight is 392 g/mol. The van der Waals surface area contributed by atoms with E-state index in [1.54, 1.807) is 30.3 Å². The lowest BCUT2D eigenvalue weighted by Gasteiger charge is -2.12. The number of hydrogen-bond donors (Lipinski definition) is 1. The average Bonchev–Trinajstić information content (AvgIpc) is 2.70. The molecule has 0 spiro atoms. The molecule has 7 nitrogen and oxygen atoms in total. The molecule has 3 rings (SSSR count). The largest absolute Gasteiger partial charge is 0.503 e. The minimum absolute atomic E-state index is 0.0379. The number of carboxylic acids is 1. The fraction of sp³-hybridized carbons (Fsp3) is 0.136. The van der Waals surface area contributed by atoms with Crippen LogP contribution in [0.15, 0.2) is 61.1 Å². The molecule has 0 radical (unpaired) electrons. The number of carboxylic acid groups (broad SMARTS) is 1. The molecule has 0 amide bonds. The normalized spacial score (nSPS) is 11.1. The van der Waals surface area contributed by atoms with Crippen molar-refractivity contribution in [3.05, 3.63) is 77.8 Å².